The first-order valence-corrected chi connectivity index (χ1v) is 6.68. The second kappa shape index (κ2) is 7.20. The lowest BCUT2D eigenvalue weighted by Crippen LogP contribution is -2.29. The minimum atomic E-state index is -0.622. The molecule has 0 N–H and O–H groups in total. The number of ketones is 1. The molecule has 1 atom stereocenters. The van der Waals surface area contributed by atoms with Crippen molar-refractivity contribution in [1.82, 2.24) is 0 Å². The quantitative estimate of drug-likeness (QED) is 0.593. The summed E-state index contributed by atoms with van der Waals surface area (Å²) in [7, 11) is 0. The van der Waals surface area contributed by atoms with E-state index in [9.17, 15) is 9.59 Å². The number of hydrogen-bond donors (Lipinski definition) is 0. The Labute approximate surface area is 120 Å². The van der Waals surface area contributed by atoms with Gasteiger partial charge in [-0.05, 0) is 33.3 Å². The minimum Gasteiger partial charge on any atom is -0.460 e. The van der Waals surface area contributed by atoms with Crippen LogP contribution in [0.3, 0.4) is 0 Å². The van der Waals surface area contributed by atoms with Crippen LogP contribution in [-0.2, 0) is 25.7 Å². The van der Waals surface area contributed by atoms with E-state index in [4.69, 9.17) is 9.47 Å². The van der Waals surface area contributed by atoms with Crippen molar-refractivity contribution in [1.29, 1.82) is 0 Å². The van der Waals surface area contributed by atoms with Crippen LogP contribution in [-0.4, -0.2) is 23.5 Å². The molecule has 0 amide bonds. The van der Waals surface area contributed by atoms with E-state index in [1.54, 1.807) is 27.7 Å². The van der Waals surface area contributed by atoms with E-state index in [1.165, 1.54) is 0 Å². The Balaban J connectivity index is 2.38. The standard InChI is InChI=1S/C16H22O4/c1-12(19-11-13-8-6-5-7-9-13)14(17)10-15(18)20-16(2,3)4/h5-9,12H,10-11H2,1-4H3/t12-/m1/s1. The van der Waals surface area contributed by atoms with Gasteiger partial charge in [-0.2, -0.15) is 0 Å². The van der Waals surface area contributed by atoms with Gasteiger partial charge in [-0.15, -0.1) is 0 Å². The SMILES string of the molecule is C[C@@H](OCc1ccccc1)C(=O)CC(=O)OC(C)(C)C. The number of ether oxygens (including phenoxy) is 2. The number of benzene rings is 1. The predicted octanol–water partition coefficient (Wildman–Crippen LogP) is 2.89. The third kappa shape index (κ3) is 6.48. The molecule has 0 bridgehead atoms. The van der Waals surface area contributed by atoms with Crippen LogP contribution in [0.5, 0.6) is 0 Å². The first kappa shape index (κ1) is 16.4. The maximum atomic E-state index is 11.8. The molecule has 0 aliphatic carbocycles. The Morgan fingerprint density at radius 1 is 1.15 bits per heavy atom. The first-order valence-electron chi connectivity index (χ1n) is 6.68. The highest BCUT2D eigenvalue weighted by Gasteiger charge is 2.22. The van der Waals surface area contributed by atoms with Crippen LogP contribution in [0.4, 0.5) is 0 Å². The van der Waals surface area contributed by atoms with Gasteiger partial charge < -0.3 is 9.47 Å². The monoisotopic (exact) mass is 278 g/mol. The molecule has 0 saturated carbocycles. The summed E-state index contributed by atoms with van der Waals surface area (Å²) in [5, 5.41) is 0. The fraction of sp³-hybridized carbons (Fsp3) is 0.500. The zero-order valence-electron chi connectivity index (χ0n) is 12.5. The minimum absolute atomic E-state index is 0.257. The number of carbonyl (C=O) groups is 2. The Kier molecular flexibility index (Phi) is 5.89. The van der Waals surface area contributed by atoms with Gasteiger partial charge in [0.15, 0.2) is 5.78 Å². The zero-order chi connectivity index (χ0) is 15.2. The van der Waals surface area contributed by atoms with Crippen LogP contribution in [0.1, 0.15) is 39.7 Å². The van der Waals surface area contributed by atoms with E-state index in [1.807, 2.05) is 30.3 Å². The van der Waals surface area contributed by atoms with E-state index in [2.05, 4.69) is 0 Å². The summed E-state index contributed by atoms with van der Waals surface area (Å²) in [6.45, 7) is 7.30. The van der Waals surface area contributed by atoms with Crippen LogP contribution in [0.25, 0.3) is 0 Å². The highest BCUT2D eigenvalue weighted by molar-refractivity contribution is 5.97. The highest BCUT2D eigenvalue weighted by Crippen LogP contribution is 2.10. The number of Topliss-reactive ketones (excluding diaryl/α,β-unsaturated/α-hetero) is 1. The Hall–Kier alpha value is -1.68. The fourth-order valence-corrected chi connectivity index (χ4v) is 1.55. The molecule has 0 aromatic heterocycles. The fourth-order valence-electron chi connectivity index (χ4n) is 1.55. The lowest BCUT2D eigenvalue weighted by molar-refractivity contribution is -0.157. The number of carbonyl (C=O) groups excluding carboxylic acids is 2. The van der Waals surface area contributed by atoms with Crippen LogP contribution in [0.15, 0.2) is 30.3 Å². The van der Waals surface area contributed by atoms with Gasteiger partial charge in [0.25, 0.3) is 0 Å². The second-order valence-electron chi connectivity index (χ2n) is 5.67. The molecular weight excluding hydrogens is 256 g/mol. The molecule has 110 valence electrons. The maximum Gasteiger partial charge on any atom is 0.313 e. The van der Waals surface area contributed by atoms with E-state index in [0.29, 0.717) is 6.61 Å². The van der Waals surface area contributed by atoms with E-state index < -0.39 is 17.7 Å². The van der Waals surface area contributed by atoms with Crippen molar-refractivity contribution >= 4 is 11.8 Å². The van der Waals surface area contributed by atoms with Crippen LogP contribution < -0.4 is 0 Å². The molecule has 0 heterocycles. The summed E-state index contributed by atoms with van der Waals surface area (Å²) < 4.78 is 10.6. The first-order chi connectivity index (χ1) is 9.28. The lowest BCUT2D eigenvalue weighted by atomic mass is 10.1. The van der Waals surface area contributed by atoms with E-state index >= 15 is 0 Å². The number of rotatable bonds is 6. The predicted molar refractivity (Wildman–Crippen MR) is 76.2 cm³/mol. The normalized spacial score (nSPS) is 12.8. The average molecular weight is 278 g/mol. The van der Waals surface area contributed by atoms with Gasteiger partial charge in [-0.1, -0.05) is 30.3 Å². The topological polar surface area (TPSA) is 52.6 Å². The van der Waals surface area contributed by atoms with Gasteiger partial charge in [0.05, 0.1) is 6.61 Å². The molecule has 4 nitrogen and oxygen atoms in total. The van der Waals surface area contributed by atoms with Gasteiger partial charge in [0.1, 0.15) is 18.1 Å². The summed E-state index contributed by atoms with van der Waals surface area (Å²) in [6, 6.07) is 9.58. The van der Waals surface area contributed by atoms with Gasteiger partial charge in [-0.25, -0.2) is 0 Å². The van der Waals surface area contributed by atoms with Gasteiger partial charge in [0, 0.05) is 0 Å². The van der Waals surface area contributed by atoms with Crippen molar-refractivity contribution < 1.29 is 19.1 Å². The molecule has 0 unspecified atom stereocenters. The average Bonchev–Trinajstić information content (AvgIpc) is 2.34. The lowest BCUT2D eigenvalue weighted by Gasteiger charge is -2.20. The molecule has 20 heavy (non-hydrogen) atoms. The van der Waals surface area contributed by atoms with Crippen LogP contribution >= 0.6 is 0 Å². The molecule has 0 aliphatic rings. The smallest absolute Gasteiger partial charge is 0.313 e. The molecule has 4 heteroatoms. The summed E-state index contributed by atoms with van der Waals surface area (Å²) >= 11 is 0. The molecule has 0 fully saturated rings. The third-order valence-electron chi connectivity index (χ3n) is 2.53. The van der Waals surface area contributed by atoms with E-state index in [0.717, 1.165) is 5.56 Å². The van der Waals surface area contributed by atoms with Crippen molar-refractivity contribution in [3.8, 4) is 0 Å². The molecule has 0 spiro atoms. The van der Waals surface area contributed by atoms with Gasteiger partial charge in [0.2, 0.25) is 0 Å². The largest absolute Gasteiger partial charge is 0.460 e. The van der Waals surface area contributed by atoms with Crippen molar-refractivity contribution in [2.24, 2.45) is 0 Å². The third-order valence-corrected chi connectivity index (χ3v) is 2.53. The van der Waals surface area contributed by atoms with Crippen molar-refractivity contribution in [2.45, 2.75) is 52.4 Å². The Morgan fingerprint density at radius 2 is 1.75 bits per heavy atom. The summed E-state index contributed by atoms with van der Waals surface area (Å²) in [5.41, 5.74) is 0.412. The highest BCUT2D eigenvalue weighted by atomic mass is 16.6. The van der Waals surface area contributed by atoms with E-state index in [-0.39, 0.29) is 12.2 Å². The van der Waals surface area contributed by atoms with Crippen molar-refractivity contribution in [2.75, 3.05) is 0 Å². The molecule has 0 saturated heterocycles. The summed E-state index contributed by atoms with van der Waals surface area (Å²) in [5.74, 6) is -0.784. The van der Waals surface area contributed by atoms with Crippen LogP contribution in [0.2, 0.25) is 0 Å². The number of esters is 1. The molecule has 0 aliphatic heterocycles. The molecule has 1 rings (SSSR count). The molecule has 0 radical (unpaired) electrons. The van der Waals surface area contributed by atoms with Crippen molar-refractivity contribution in [3.05, 3.63) is 35.9 Å². The molecule has 1 aromatic rings. The maximum absolute atomic E-state index is 11.8. The van der Waals surface area contributed by atoms with Gasteiger partial charge in [-0.3, -0.25) is 9.59 Å². The summed E-state index contributed by atoms with van der Waals surface area (Å²) in [4.78, 5) is 23.4. The second-order valence-corrected chi connectivity index (χ2v) is 5.67. The summed E-state index contributed by atoms with van der Waals surface area (Å²) in [6.07, 6.45) is -0.879. The number of hydrogen-bond acceptors (Lipinski definition) is 4. The Morgan fingerprint density at radius 3 is 2.30 bits per heavy atom. The van der Waals surface area contributed by atoms with Crippen LogP contribution in [0, 0.1) is 0 Å². The van der Waals surface area contributed by atoms with Gasteiger partial charge >= 0.3 is 5.97 Å². The zero-order valence-corrected chi connectivity index (χ0v) is 12.5. The Bertz CT molecular complexity index is 445. The molecular formula is C16H22O4. The molecule has 1 aromatic carbocycles. The van der Waals surface area contributed by atoms with Crippen molar-refractivity contribution in [3.63, 3.8) is 0 Å².